The maximum atomic E-state index is 6.14. The third kappa shape index (κ3) is 3.76. The van der Waals surface area contributed by atoms with E-state index >= 15 is 0 Å². The van der Waals surface area contributed by atoms with Crippen LogP contribution in [0.25, 0.3) is 6.08 Å². The predicted molar refractivity (Wildman–Crippen MR) is 108 cm³/mol. The van der Waals surface area contributed by atoms with Gasteiger partial charge in [-0.1, -0.05) is 42.5 Å². The van der Waals surface area contributed by atoms with Gasteiger partial charge in [-0.2, -0.15) is 4.98 Å². The summed E-state index contributed by atoms with van der Waals surface area (Å²) < 4.78 is 16.6. The smallest absolute Gasteiger partial charge is 0.319 e. The van der Waals surface area contributed by atoms with Crippen LogP contribution in [0, 0.1) is 0 Å². The summed E-state index contributed by atoms with van der Waals surface area (Å²) in [5, 5.41) is 0. The second-order valence-corrected chi connectivity index (χ2v) is 6.34. The van der Waals surface area contributed by atoms with Gasteiger partial charge in [0.05, 0.1) is 32.0 Å². The molecule has 1 aliphatic rings. The minimum atomic E-state index is 0.264. The highest BCUT2D eigenvalue weighted by molar-refractivity contribution is 5.65. The zero-order chi connectivity index (χ0) is 19.3. The maximum Gasteiger partial charge on any atom is 0.319 e. The van der Waals surface area contributed by atoms with Gasteiger partial charge in [0.25, 0.3) is 0 Å². The van der Waals surface area contributed by atoms with Gasteiger partial charge in [-0.05, 0) is 23.8 Å². The standard InChI is InChI=1S/C22H21N3O3/c1-26-21-17(13-23-22(24-21)27-2)12-18-15-25(14-16-8-4-3-5-9-16)19-10-6-7-11-20(19)28-18/h3-13H,14-15H2,1-2H3/b18-12-. The molecule has 0 radical (unpaired) electrons. The molecule has 142 valence electrons. The topological polar surface area (TPSA) is 56.7 Å². The maximum absolute atomic E-state index is 6.14. The van der Waals surface area contributed by atoms with Gasteiger partial charge >= 0.3 is 6.01 Å². The third-order valence-electron chi connectivity index (χ3n) is 4.46. The largest absolute Gasteiger partial charge is 0.480 e. The van der Waals surface area contributed by atoms with Gasteiger partial charge in [-0.15, -0.1) is 0 Å². The highest BCUT2D eigenvalue weighted by atomic mass is 16.5. The number of benzene rings is 2. The minimum Gasteiger partial charge on any atom is -0.480 e. The Morgan fingerprint density at radius 2 is 1.82 bits per heavy atom. The van der Waals surface area contributed by atoms with Crippen LogP contribution >= 0.6 is 0 Å². The van der Waals surface area contributed by atoms with E-state index in [1.54, 1.807) is 13.3 Å². The van der Waals surface area contributed by atoms with Crippen molar-refractivity contribution in [3.05, 3.63) is 77.7 Å². The van der Waals surface area contributed by atoms with Crippen molar-refractivity contribution in [1.82, 2.24) is 9.97 Å². The van der Waals surface area contributed by atoms with Gasteiger partial charge in [0.2, 0.25) is 5.88 Å². The van der Waals surface area contributed by atoms with E-state index in [-0.39, 0.29) is 6.01 Å². The van der Waals surface area contributed by atoms with E-state index in [1.165, 1.54) is 12.7 Å². The highest BCUT2D eigenvalue weighted by Crippen LogP contribution is 2.36. The molecule has 0 amide bonds. The first-order valence-corrected chi connectivity index (χ1v) is 8.98. The summed E-state index contributed by atoms with van der Waals surface area (Å²) >= 11 is 0. The molecule has 0 saturated carbocycles. The Balaban J connectivity index is 1.67. The van der Waals surface area contributed by atoms with E-state index in [0.717, 1.165) is 29.3 Å². The SMILES string of the molecule is COc1ncc(/C=C2/CN(Cc3ccccc3)c3ccccc3O2)c(OC)n1. The van der Waals surface area contributed by atoms with Crippen molar-refractivity contribution in [3.63, 3.8) is 0 Å². The second-order valence-electron chi connectivity index (χ2n) is 6.34. The minimum absolute atomic E-state index is 0.264. The molecule has 0 N–H and O–H groups in total. The first kappa shape index (κ1) is 17.9. The van der Waals surface area contributed by atoms with Crippen LogP contribution in [-0.4, -0.2) is 30.7 Å². The van der Waals surface area contributed by atoms with Gasteiger partial charge in [-0.3, -0.25) is 0 Å². The predicted octanol–water partition coefficient (Wildman–Crippen LogP) is 3.93. The number of aromatic nitrogens is 2. The van der Waals surface area contributed by atoms with Crippen LogP contribution in [0.1, 0.15) is 11.1 Å². The zero-order valence-corrected chi connectivity index (χ0v) is 15.8. The van der Waals surface area contributed by atoms with Crippen molar-refractivity contribution in [2.75, 3.05) is 25.7 Å². The molecule has 0 saturated heterocycles. The number of hydrogen-bond acceptors (Lipinski definition) is 6. The van der Waals surface area contributed by atoms with Gasteiger partial charge in [0.15, 0.2) is 0 Å². The average molecular weight is 375 g/mol. The summed E-state index contributed by atoms with van der Waals surface area (Å²) in [7, 11) is 3.10. The fourth-order valence-electron chi connectivity index (χ4n) is 3.17. The van der Waals surface area contributed by atoms with Gasteiger partial charge in [0.1, 0.15) is 11.5 Å². The summed E-state index contributed by atoms with van der Waals surface area (Å²) in [5.41, 5.74) is 3.04. The van der Waals surface area contributed by atoms with Crippen molar-refractivity contribution >= 4 is 11.8 Å². The van der Waals surface area contributed by atoms with Crippen LogP contribution in [-0.2, 0) is 6.54 Å². The van der Waals surface area contributed by atoms with Crippen LogP contribution in [0.15, 0.2) is 66.6 Å². The van der Waals surface area contributed by atoms with E-state index in [9.17, 15) is 0 Å². The summed E-state index contributed by atoms with van der Waals surface area (Å²) in [5.74, 6) is 2.06. The molecule has 1 aliphatic heterocycles. The first-order valence-electron chi connectivity index (χ1n) is 8.98. The lowest BCUT2D eigenvalue weighted by Crippen LogP contribution is -2.30. The lowest BCUT2D eigenvalue weighted by Gasteiger charge is -2.32. The van der Waals surface area contributed by atoms with Crippen molar-refractivity contribution in [3.8, 4) is 17.6 Å². The molecule has 0 aliphatic carbocycles. The number of rotatable bonds is 5. The molecule has 4 rings (SSSR count). The van der Waals surface area contributed by atoms with Gasteiger partial charge in [0, 0.05) is 12.7 Å². The molecule has 0 unspecified atom stereocenters. The van der Waals surface area contributed by atoms with Gasteiger partial charge in [-0.25, -0.2) is 4.98 Å². The van der Waals surface area contributed by atoms with Crippen molar-refractivity contribution < 1.29 is 14.2 Å². The van der Waals surface area contributed by atoms with E-state index in [4.69, 9.17) is 14.2 Å². The lowest BCUT2D eigenvalue weighted by atomic mass is 10.1. The number of nitrogens with zero attached hydrogens (tertiary/aromatic N) is 3. The Hall–Kier alpha value is -3.54. The molecular weight excluding hydrogens is 354 g/mol. The molecule has 1 aromatic heterocycles. The quantitative estimate of drug-likeness (QED) is 0.673. The Morgan fingerprint density at radius 1 is 1.04 bits per heavy atom. The molecule has 2 heterocycles. The molecule has 0 atom stereocenters. The first-order chi connectivity index (χ1) is 13.8. The Morgan fingerprint density at radius 3 is 2.61 bits per heavy atom. The molecule has 6 nitrogen and oxygen atoms in total. The molecule has 0 fully saturated rings. The summed E-state index contributed by atoms with van der Waals surface area (Å²) in [6, 6.07) is 18.7. The summed E-state index contributed by atoms with van der Waals surface area (Å²) in [6.07, 6.45) is 3.58. The number of ether oxygens (including phenoxy) is 3. The molecule has 0 bridgehead atoms. The second kappa shape index (κ2) is 8.00. The third-order valence-corrected chi connectivity index (χ3v) is 4.46. The van der Waals surface area contributed by atoms with Crippen LogP contribution in [0.2, 0.25) is 0 Å². The van der Waals surface area contributed by atoms with Crippen LogP contribution in [0.3, 0.4) is 0 Å². The number of anilines is 1. The van der Waals surface area contributed by atoms with E-state index in [1.807, 2.05) is 30.3 Å². The van der Waals surface area contributed by atoms with E-state index < -0.39 is 0 Å². The molecule has 28 heavy (non-hydrogen) atoms. The van der Waals surface area contributed by atoms with Gasteiger partial charge < -0.3 is 19.1 Å². The Kier molecular flexibility index (Phi) is 5.10. The van der Waals surface area contributed by atoms with Crippen LogP contribution in [0.4, 0.5) is 5.69 Å². The summed E-state index contributed by atoms with van der Waals surface area (Å²) in [4.78, 5) is 10.7. The Bertz CT molecular complexity index is 989. The Labute approximate surface area is 164 Å². The summed E-state index contributed by atoms with van der Waals surface area (Å²) in [6.45, 7) is 1.41. The molecular formula is C22H21N3O3. The molecule has 2 aromatic carbocycles. The fraction of sp³-hybridized carbons (Fsp3) is 0.182. The highest BCUT2D eigenvalue weighted by Gasteiger charge is 2.22. The number of fused-ring (bicyclic) bond motifs is 1. The molecule has 0 spiro atoms. The molecule has 3 aromatic rings. The van der Waals surface area contributed by atoms with Crippen molar-refractivity contribution in [2.45, 2.75) is 6.54 Å². The van der Waals surface area contributed by atoms with Crippen molar-refractivity contribution in [2.24, 2.45) is 0 Å². The number of para-hydroxylation sites is 2. The monoisotopic (exact) mass is 375 g/mol. The van der Waals surface area contributed by atoms with E-state index in [0.29, 0.717) is 12.4 Å². The normalized spacial score (nSPS) is 14.4. The number of hydrogen-bond donors (Lipinski definition) is 0. The van der Waals surface area contributed by atoms with Crippen molar-refractivity contribution in [1.29, 1.82) is 0 Å². The molecule has 6 heteroatoms. The fourth-order valence-corrected chi connectivity index (χ4v) is 3.17. The number of methoxy groups -OCH3 is 2. The zero-order valence-electron chi connectivity index (χ0n) is 15.8. The lowest BCUT2D eigenvalue weighted by molar-refractivity contribution is 0.351. The van der Waals surface area contributed by atoms with Crippen LogP contribution in [0.5, 0.6) is 17.6 Å². The van der Waals surface area contributed by atoms with E-state index in [2.05, 4.69) is 45.2 Å². The van der Waals surface area contributed by atoms with Crippen LogP contribution < -0.4 is 19.1 Å². The average Bonchev–Trinajstić information content (AvgIpc) is 2.75.